The van der Waals surface area contributed by atoms with Gasteiger partial charge in [0.05, 0.1) is 11.4 Å². The Balaban J connectivity index is 1.52. The Morgan fingerprint density at radius 3 is 2.12 bits per heavy atom. The zero-order valence-corrected chi connectivity index (χ0v) is 17.7. The third-order valence-corrected chi connectivity index (χ3v) is 6.00. The number of aromatic hydroxyl groups is 1. The first kappa shape index (κ1) is 21.7. The number of fused-ring (bicyclic) bond motifs is 1. The van der Waals surface area contributed by atoms with E-state index in [2.05, 4.69) is 5.10 Å². The third kappa shape index (κ3) is 3.68. The smallest absolute Gasteiger partial charge is 0.255 e. The number of anilines is 1. The van der Waals surface area contributed by atoms with Crippen LogP contribution in [0.25, 0.3) is 0 Å². The molecule has 2 heterocycles. The molecule has 0 radical (unpaired) electrons. The minimum Gasteiger partial charge on any atom is -0.507 e. The van der Waals surface area contributed by atoms with Crippen molar-refractivity contribution < 1.29 is 27.9 Å². The van der Waals surface area contributed by atoms with Gasteiger partial charge in [0, 0.05) is 12.1 Å². The van der Waals surface area contributed by atoms with Crippen LogP contribution >= 0.6 is 0 Å². The standard InChI is InChI=1S/C25H18F3N3O3/c26-15-3-1-14(2-4-15)11-12-30-24(33)21-22(19-13-17(28)7-10-20(19)32)29-31(23(21)25(30)34)18-8-5-16(27)6-9-18/h1-10,13,21,23,32H,11-12H2. The Labute approximate surface area is 192 Å². The van der Waals surface area contributed by atoms with Gasteiger partial charge in [-0.3, -0.25) is 19.5 Å². The second-order valence-electron chi connectivity index (χ2n) is 8.09. The number of likely N-dealkylation sites (tertiary alicyclic amines) is 1. The molecule has 0 saturated carbocycles. The van der Waals surface area contributed by atoms with Crippen molar-refractivity contribution in [2.75, 3.05) is 11.6 Å². The molecule has 2 atom stereocenters. The number of phenols is 1. The van der Waals surface area contributed by atoms with Gasteiger partial charge in [-0.05, 0) is 66.6 Å². The summed E-state index contributed by atoms with van der Waals surface area (Å²) in [6, 6.07) is 13.2. The van der Waals surface area contributed by atoms with E-state index in [1.807, 2.05) is 0 Å². The molecule has 5 rings (SSSR count). The highest BCUT2D eigenvalue weighted by Gasteiger charge is 2.57. The van der Waals surface area contributed by atoms with E-state index in [9.17, 15) is 27.9 Å². The molecule has 2 unspecified atom stereocenters. The van der Waals surface area contributed by atoms with E-state index < -0.39 is 41.2 Å². The van der Waals surface area contributed by atoms with E-state index in [0.717, 1.165) is 28.7 Å². The molecular formula is C25H18F3N3O3. The summed E-state index contributed by atoms with van der Waals surface area (Å²) >= 11 is 0. The van der Waals surface area contributed by atoms with Gasteiger partial charge in [-0.15, -0.1) is 0 Å². The lowest BCUT2D eigenvalue weighted by Gasteiger charge is -2.22. The molecule has 1 N–H and O–H groups in total. The molecule has 34 heavy (non-hydrogen) atoms. The van der Waals surface area contributed by atoms with Gasteiger partial charge in [0.25, 0.3) is 5.91 Å². The zero-order chi connectivity index (χ0) is 24.0. The number of hydrogen-bond acceptors (Lipinski definition) is 5. The van der Waals surface area contributed by atoms with Gasteiger partial charge >= 0.3 is 0 Å². The Kier molecular flexibility index (Phi) is 5.31. The molecule has 9 heteroatoms. The maximum Gasteiger partial charge on any atom is 0.255 e. The molecule has 6 nitrogen and oxygen atoms in total. The van der Waals surface area contributed by atoms with E-state index in [0.29, 0.717) is 12.1 Å². The highest BCUT2D eigenvalue weighted by molar-refractivity contribution is 6.26. The van der Waals surface area contributed by atoms with Gasteiger partial charge in [-0.25, -0.2) is 13.2 Å². The van der Waals surface area contributed by atoms with Crippen molar-refractivity contribution in [2.24, 2.45) is 11.0 Å². The third-order valence-electron chi connectivity index (χ3n) is 6.00. The van der Waals surface area contributed by atoms with Crippen molar-refractivity contribution in [3.63, 3.8) is 0 Å². The number of carbonyl (C=O) groups is 2. The van der Waals surface area contributed by atoms with Crippen LogP contribution in [0.5, 0.6) is 5.75 Å². The fraction of sp³-hybridized carbons (Fsp3) is 0.160. The lowest BCUT2D eigenvalue weighted by atomic mass is 9.92. The van der Waals surface area contributed by atoms with Crippen LogP contribution in [0.2, 0.25) is 0 Å². The van der Waals surface area contributed by atoms with E-state index in [1.165, 1.54) is 41.4 Å². The summed E-state index contributed by atoms with van der Waals surface area (Å²) in [4.78, 5) is 27.9. The van der Waals surface area contributed by atoms with Crippen LogP contribution in [0.15, 0.2) is 71.8 Å². The number of imide groups is 1. The van der Waals surface area contributed by atoms with Gasteiger partial charge in [-0.1, -0.05) is 12.1 Å². The van der Waals surface area contributed by atoms with Crippen LogP contribution in [0.4, 0.5) is 18.9 Å². The molecule has 2 aliphatic heterocycles. The predicted octanol–water partition coefficient (Wildman–Crippen LogP) is 3.63. The van der Waals surface area contributed by atoms with E-state index >= 15 is 0 Å². The summed E-state index contributed by atoms with van der Waals surface area (Å²) in [6.07, 6.45) is 0.311. The van der Waals surface area contributed by atoms with Crippen molar-refractivity contribution >= 4 is 23.2 Å². The minimum absolute atomic E-state index is 0.00106. The molecule has 0 bridgehead atoms. The summed E-state index contributed by atoms with van der Waals surface area (Å²) in [5, 5.41) is 16.1. The number of hydrogen-bond donors (Lipinski definition) is 1. The Bertz CT molecular complexity index is 1310. The number of halogens is 3. The lowest BCUT2D eigenvalue weighted by molar-refractivity contribution is -0.139. The number of rotatable bonds is 5. The number of phenolic OH excluding ortho intramolecular Hbond substituents is 1. The second kappa shape index (κ2) is 8.33. The van der Waals surface area contributed by atoms with Crippen molar-refractivity contribution in [1.82, 2.24) is 4.90 Å². The second-order valence-corrected chi connectivity index (χ2v) is 8.09. The Hall–Kier alpha value is -4.14. The quantitative estimate of drug-likeness (QED) is 0.585. The SMILES string of the molecule is O=C1C2C(c3cc(F)ccc3O)=NN(c3ccc(F)cc3)C2C(=O)N1CCc1ccc(F)cc1. The van der Waals surface area contributed by atoms with Gasteiger partial charge in [0.1, 0.15) is 35.2 Å². The Morgan fingerprint density at radius 1 is 0.824 bits per heavy atom. The monoisotopic (exact) mass is 465 g/mol. The van der Waals surface area contributed by atoms with Crippen molar-refractivity contribution in [1.29, 1.82) is 0 Å². The zero-order valence-electron chi connectivity index (χ0n) is 17.7. The molecule has 172 valence electrons. The molecule has 3 aromatic carbocycles. The van der Waals surface area contributed by atoms with Gasteiger partial charge in [-0.2, -0.15) is 5.10 Å². The summed E-state index contributed by atoms with van der Waals surface area (Å²) in [5.41, 5.74) is 1.16. The van der Waals surface area contributed by atoms with Crippen LogP contribution in [0.3, 0.4) is 0 Å². The van der Waals surface area contributed by atoms with Crippen LogP contribution in [0, 0.1) is 23.4 Å². The average Bonchev–Trinajstić information content (AvgIpc) is 3.32. The maximum atomic E-state index is 14.0. The fourth-order valence-corrected chi connectivity index (χ4v) is 4.33. The molecule has 2 amide bonds. The average molecular weight is 465 g/mol. The van der Waals surface area contributed by atoms with Crippen LogP contribution in [0.1, 0.15) is 11.1 Å². The van der Waals surface area contributed by atoms with Crippen molar-refractivity contribution in [3.05, 3.63) is 95.3 Å². The van der Waals surface area contributed by atoms with Crippen molar-refractivity contribution in [2.45, 2.75) is 12.5 Å². The first-order valence-corrected chi connectivity index (χ1v) is 10.6. The van der Waals surface area contributed by atoms with Crippen LogP contribution in [-0.2, 0) is 16.0 Å². The summed E-state index contributed by atoms with van der Waals surface area (Å²) in [6.45, 7) is 0.0516. The molecule has 0 aliphatic carbocycles. The molecule has 2 aliphatic rings. The van der Waals surface area contributed by atoms with E-state index in [4.69, 9.17) is 0 Å². The first-order chi connectivity index (χ1) is 16.3. The molecule has 3 aromatic rings. The van der Waals surface area contributed by atoms with Crippen LogP contribution in [-0.4, -0.2) is 40.1 Å². The number of nitrogens with zero attached hydrogens (tertiary/aromatic N) is 3. The van der Waals surface area contributed by atoms with Gasteiger partial charge in [0.2, 0.25) is 5.91 Å². The largest absolute Gasteiger partial charge is 0.507 e. The predicted molar refractivity (Wildman–Crippen MR) is 118 cm³/mol. The summed E-state index contributed by atoms with van der Waals surface area (Å²) in [5.74, 6) is -3.95. The number of carbonyl (C=O) groups excluding carboxylic acids is 2. The van der Waals surface area contributed by atoms with Crippen molar-refractivity contribution in [3.8, 4) is 5.75 Å². The Morgan fingerprint density at radius 2 is 1.44 bits per heavy atom. The maximum absolute atomic E-state index is 14.0. The molecule has 0 aromatic heterocycles. The molecule has 0 spiro atoms. The van der Waals surface area contributed by atoms with Crippen LogP contribution < -0.4 is 5.01 Å². The van der Waals surface area contributed by atoms with E-state index in [1.54, 1.807) is 12.1 Å². The molecular weight excluding hydrogens is 447 g/mol. The summed E-state index contributed by atoms with van der Waals surface area (Å²) < 4.78 is 40.7. The molecule has 1 fully saturated rings. The first-order valence-electron chi connectivity index (χ1n) is 10.6. The molecule has 1 saturated heterocycles. The van der Waals surface area contributed by atoms with Gasteiger partial charge in [0.15, 0.2) is 0 Å². The number of hydrazone groups is 1. The minimum atomic E-state index is -1.08. The highest BCUT2D eigenvalue weighted by atomic mass is 19.1. The fourth-order valence-electron chi connectivity index (χ4n) is 4.33. The lowest BCUT2D eigenvalue weighted by Crippen LogP contribution is -2.39. The van der Waals surface area contributed by atoms with E-state index in [-0.39, 0.29) is 23.6 Å². The van der Waals surface area contributed by atoms with Gasteiger partial charge < -0.3 is 5.11 Å². The topological polar surface area (TPSA) is 73.2 Å². The number of benzene rings is 3. The summed E-state index contributed by atoms with van der Waals surface area (Å²) in [7, 11) is 0. The number of amides is 2. The highest BCUT2D eigenvalue weighted by Crippen LogP contribution is 2.39. The normalized spacial score (nSPS) is 19.6.